The van der Waals surface area contributed by atoms with Gasteiger partial charge in [0.15, 0.2) is 0 Å². The van der Waals surface area contributed by atoms with Crippen LogP contribution in [0.25, 0.3) is 0 Å². The summed E-state index contributed by atoms with van der Waals surface area (Å²) in [6, 6.07) is 0.323. The molecule has 1 rings (SSSR count). The smallest absolute Gasteiger partial charge is 0.150 e. The second-order valence-electron chi connectivity index (χ2n) is 5.09. The summed E-state index contributed by atoms with van der Waals surface area (Å²) in [6.07, 6.45) is 3.58. The first-order valence-electron chi connectivity index (χ1n) is 7.31. The van der Waals surface area contributed by atoms with E-state index in [1.807, 2.05) is 6.92 Å². The van der Waals surface area contributed by atoms with Gasteiger partial charge in [0.1, 0.15) is 9.84 Å². The number of sulfone groups is 1. The number of hydrogen-bond acceptors (Lipinski definition) is 5. The van der Waals surface area contributed by atoms with Gasteiger partial charge in [0.05, 0.1) is 16.5 Å². The van der Waals surface area contributed by atoms with Crippen molar-refractivity contribution >= 4 is 21.2 Å². The zero-order chi connectivity index (χ0) is 15.0. The lowest BCUT2D eigenvalue weighted by molar-refractivity contribution is 0.469. The van der Waals surface area contributed by atoms with Crippen LogP contribution < -0.4 is 5.32 Å². The van der Waals surface area contributed by atoms with Crippen molar-refractivity contribution in [3.05, 3.63) is 16.1 Å². The number of nitrogens with zero attached hydrogens (tertiary/aromatic N) is 1. The topological polar surface area (TPSA) is 59.1 Å². The summed E-state index contributed by atoms with van der Waals surface area (Å²) < 4.78 is 23.1. The molecule has 0 aliphatic heterocycles. The highest BCUT2D eigenvalue weighted by Crippen LogP contribution is 2.12. The lowest BCUT2D eigenvalue weighted by atomic mass is 10.1. The molecule has 0 amide bonds. The Labute approximate surface area is 126 Å². The van der Waals surface area contributed by atoms with E-state index in [2.05, 4.69) is 22.6 Å². The molecule has 20 heavy (non-hydrogen) atoms. The zero-order valence-electron chi connectivity index (χ0n) is 12.7. The molecule has 6 heteroatoms. The Hall–Kier alpha value is -0.460. The quantitative estimate of drug-likeness (QED) is 0.720. The highest BCUT2D eigenvalue weighted by Gasteiger charge is 2.13. The van der Waals surface area contributed by atoms with E-state index < -0.39 is 9.84 Å². The third kappa shape index (κ3) is 6.81. The molecule has 0 spiro atoms. The van der Waals surface area contributed by atoms with E-state index in [0.717, 1.165) is 42.9 Å². The van der Waals surface area contributed by atoms with Crippen LogP contribution >= 0.6 is 11.3 Å². The van der Waals surface area contributed by atoms with Crippen molar-refractivity contribution in [3.63, 3.8) is 0 Å². The average molecular weight is 319 g/mol. The van der Waals surface area contributed by atoms with Crippen molar-refractivity contribution in [2.24, 2.45) is 0 Å². The van der Waals surface area contributed by atoms with Crippen molar-refractivity contribution in [1.29, 1.82) is 0 Å². The molecule has 0 bridgehead atoms. The molecule has 116 valence electrons. The number of aryl methyl sites for hydroxylation is 1. The lowest BCUT2D eigenvalue weighted by Gasteiger charge is -2.17. The molecule has 1 heterocycles. The van der Waals surface area contributed by atoms with E-state index in [4.69, 9.17) is 0 Å². The molecule has 0 aromatic carbocycles. The van der Waals surface area contributed by atoms with Crippen molar-refractivity contribution in [2.75, 3.05) is 18.1 Å². The minimum atomic E-state index is -2.85. The van der Waals surface area contributed by atoms with Crippen molar-refractivity contribution in [3.8, 4) is 0 Å². The maximum atomic E-state index is 11.5. The first-order chi connectivity index (χ1) is 9.46. The van der Waals surface area contributed by atoms with Crippen LogP contribution in [0.4, 0.5) is 0 Å². The number of hydrogen-bond donors (Lipinski definition) is 1. The Bertz CT molecular complexity index is 483. The van der Waals surface area contributed by atoms with Gasteiger partial charge in [0, 0.05) is 23.6 Å². The molecule has 0 aliphatic carbocycles. The molecule has 0 fully saturated rings. The highest BCUT2D eigenvalue weighted by molar-refractivity contribution is 7.91. The summed E-state index contributed by atoms with van der Waals surface area (Å²) in [6.45, 7) is 6.82. The molecule has 1 unspecified atom stereocenters. The molecule has 1 aromatic heterocycles. The van der Waals surface area contributed by atoms with Gasteiger partial charge in [-0.2, -0.15) is 0 Å². The van der Waals surface area contributed by atoms with Gasteiger partial charge in [-0.05, 0) is 32.7 Å². The molecule has 0 saturated heterocycles. The summed E-state index contributed by atoms with van der Waals surface area (Å²) in [5.74, 6) is 0.537. The van der Waals surface area contributed by atoms with Gasteiger partial charge >= 0.3 is 0 Å². The molecule has 0 aliphatic rings. The van der Waals surface area contributed by atoms with Gasteiger partial charge in [-0.25, -0.2) is 13.4 Å². The second-order valence-corrected chi connectivity index (χ2v) is 8.63. The Kier molecular flexibility index (Phi) is 7.69. The number of aromatic nitrogens is 1. The van der Waals surface area contributed by atoms with Gasteiger partial charge in [-0.3, -0.25) is 0 Å². The van der Waals surface area contributed by atoms with Crippen molar-refractivity contribution < 1.29 is 8.42 Å². The van der Waals surface area contributed by atoms with Gasteiger partial charge in [-0.1, -0.05) is 13.8 Å². The van der Waals surface area contributed by atoms with E-state index in [-0.39, 0.29) is 5.75 Å². The summed E-state index contributed by atoms with van der Waals surface area (Å²) in [5.41, 5.74) is 1.11. The van der Waals surface area contributed by atoms with E-state index in [1.54, 1.807) is 18.3 Å². The van der Waals surface area contributed by atoms with Gasteiger partial charge in [0.25, 0.3) is 0 Å². The molecule has 4 nitrogen and oxygen atoms in total. The fraction of sp³-hybridized carbons (Fsp3) is 0.786. The van der Waals surface area contributed by atoms with Gasteiger partial charge in [-0.15, -0.1) is 11.3 Å². The normalized spacial score (nSPS) is 13.6. The van der Waals surface area contributed by atoms with Gasteiger partial charge in [0.2, 0.25) is 0 Å². The average Bonchev–Trinajstić information content (AvgIpc) is 2.81. The van der Waals surface area contributed by atoms with Crippen LogP contribution in [0.5, 0.6) is 0 Å². The minimum Gasteiger partial charge on any atom is -0.314 e. The zero-order valence-corrected chi connectivity index (χ0v) is 14.3. The molecular formula is C14H26N2O2S2. The van der Waals surface area contributed by atoms with Crippen LogP contribution in [0.3, 0.4) is 0 Å². The van der Waals surface area contributed by atoms with Crippen LogP contribution in [0.1, 0.15) is 43.8 Å². The maximum absolute atomic E-state index is 11.5. The van der Waals surface area contributed by atoms with Crippen LogP contribution in [0, 0.1) is 6.92 Å². The SMILES string of the molecule is CCCNC(CCCS(=O)(=O)CC)Cc1csc(C)n1. The molecule has 1 atom stereocenters. The second kappa shape index (κ2) is 8.74. The third-order valence-corrected chi connectivity index (χ3v) is 5.87. The lowest BCUT2D eigenvalue weighted by Crippen LogP contribution is -2.32. The summed E-state index contributed by atoms with van der Waals surface area (Å²) in [7, 11) is -2.85. The van der Waals surface area contributed by atoms with Crippen molar-refractivity contribution in [1.82, 2.24) is 10.3 Å². The van der Waals surface area contributed by atoms with Crippen LogP contribution in [0.2, 0.25) is 0 Å². The largest absolute Gasteiger partial charge is 0.314 e. The molecule has 1 aromatic rings. The maximum Gasteiger partial charge on any atom is 0.150 e. The fourth-order valence-corrected chi connectivity index (χ4v) is 3.59. The van der Waals surface area contributed by atoms with E-state index in [0.29, 0.717) is 11.8 Å². The fourth-order valence-electron chi connectivity index (χ4n) is 2.07. The van der Waals surface area contributed by atoms with Crippen LogP contribution in [-0.4, -0.2) is 37.5 Å². The Morgan fingerprint density at radius 1 is 1.40 bits per heavy atom. The van der Waals surface area contributed by atoms with E-state index >= 15 is 0 Å². The number of rotatable bonds is 10. The van der Waals surface area contributed by atoms with Crippen LogP contribution in [0.15, 0.2) is 5.38 Å². The summed E-state index contributed by atoms with van der Waals surface area (Å²) >= 11 is 1.67. The third-order valence-electron chi connectivity index (χ3n) is 3.25. The predicted molar refractivity (Wildman–Crippen MR) is 86.2 cm³/mol. The Morgan fingerprint density at radius 2 is 2.15 bits per heavy atom. The Balaban J connectivity index is 2.47. The number of nitrogens with one attached hydrogen (secondary N) is 1. The Morgan fingerprint density at radius 3 is 2.70 bits per heavy atom. The summed E-state index contributed by atoms with van der Waals surface area (Å²) in [4.78, 5) is 4.49. The van der Waals surface area contributed by atoms with Crippen LogP contribution in [-0.2, 0) is 16.3 Å². The molecule has 0 radical (unpaired) electrons. The standard InChI is InChI=1S/C14H26N2O2S2/c1-4-8-15-13(7-6-9-20(17,18)5-2)10-14-11-19-12(3)16-14/h11,13,15H,4-10H2,1-3H3. The van der Waals surface area contributed by atoms with Crippen molar-refractivity contribution in [2.45, 2.75) is 52.5 Å². The molecule has 0 saturated carbocycles. The van der Waals surface area contributed by atoms with Gasteiger partial charge < -0.3 is 5.32 Å². The predicted octanol–water partition coefficient (Wildman–Crippen LogP) is 2.58. The monoisotopic (exact) mass is 318 g/mol. The molecule has 1 N–H and O–H groups in total. The summed E-state index contributed by atoms with van der Waals surface area (Å²) in [5, 5.41) is 6.68. The number of thiazole rings is 1. The first kappa shape index (κ1) is 17.6. The molecular weight excluding hydrogens is 292 g/mol. The minimum absolute atomic E-state index is 0.241. The highest BCUT2D eigenvalue weighted by atomic mass is 32.2. The van der Waals surface area contributed by atoms with E-state index in [9.17, 15) is 8.42 Å². The van der Waals surface area contributed by atoms with E-state index in [1.165, 1.54) is 0 Å². The first-order valence-corrected chi connectivity index (χ1v) is 10.0.